The number of carbonyl (C=O) groups excluding carboxylic acids is 1. The number of hydrogen-bond acceptors (Lipinski definition) is 2. The first-order valence-corrected chi connectivity index (χ1v) is 5.96. The Bertz CT molecular complexity index is 520. The topological polar surface area (TPSA) is 26.3 Å². The molecule has 0 aliphatic heterocycles. The fourth-order valence-electron chi connectivity index (χ4n) is 1.25. The lowest BCUT2D eigenvalue weighted by molar-refractivity contribution is 0.0734. The van der Waals surface area contributed by atoms with E-state index in [-0.39, 0.29) is 5.82 Å². The van der Waals surface area contributed by atoms with E-state index in [1.807, 2.05) is 12.1 Å². The van der Waals surface area contributed by atoms with Gasteiger partial charge in [0.25, 0.3) is 0 Å². The van der Waals surface area contributed by atoms with Gasteiger partial charge in [-0.05, 0) is 71.1 Å². The lowest BCUT2D eigenvalue weighted by Gasteiger charge is -2.04. The average molecular weight is 342 g/mol. The Balaban J connectivity index is 2.11. The van der Waals surface area contributed by atoms with E-state index in [1.54, 1.807) is 12.1 Å². The van der Waals surface area contributed by atoms with Gasteiger partial charge in [-0.3, -0.25) is 0 Å². The van der Waals surface area contributed by atoms with E-state index < -0.39 is 5.97 Å². The van der Waals surface area contributed by atoms with Crippen molar-refractivity contribution in [2.75, 3.05) is 0 Å². The molecule has 0 aromatic heterocycles. The van der Waals surface area contributed by atoms with Gasteiger partial charge in [-0.2, -0.15) is 0 Å². The summed E-state index contributed by atoms with van der Waals surface area (Å²) in [7, 11) is 0. The van der Waals surface area contributed by atoms with Crippen LogP contribution in [-0.2, 0) is 0 Å². The van der Waals surface area contributed by atoms with E-state index in [0.717, 1.165) is 3.57 Å². The molecule has 0 spiro atoms. The molecule has 2 rings (SSSR count). The third-order valence-electron chi connectivity index (χ3n) is 2.10. The van der Waals surface area contributed by atoms with E-state index in [9.17, 15) is 9.18 Å². The first kappa shape index (κ1) is 12.0. The van der Waals surface area contributed by atoms with Crippen LogP contribution in [-0.4, -0.2) is 5.97 Å². The van der Waals surface area contributed by atoms with Gasteiger partial charge >= 0.3 is 5.97 Å². The van der Waals surface area contributed by atoms with Crippen molar-refractivity contribution in [1.29, 1.82) is 0 Å². The first-order valence-electron chi connectivity index (χ1n) is 4.88. The summed E-state index contributed by atoms with van der Waals surface area (Å²) in [4.78, 5) is 11.7. The smallest absolute Gasteiger partial charge is 0.343 e. The molecule has 0 saturated carbocycles. The van der Waals surface area contributed by atoms with Crippen LogP contribution >= 0.6 is 22.6 Å². The van der Waals surface area contributed by atoms with E-state index in [2.05, 4.69) is 22.6 Å². The highest BCUT2D eigenvalue weighted by Gasteiger charge is 2.07. The molecule has 0 amide bonds. The van der Waals surface area contributed by atoms with Crippen LogP contribution in [0, 0.1) is 9.39 Å². The van der Waals surface area contributed by atoms with Crippen LogP contribution in [0.1, 0.15) is 10.4 Å². The fourth-order valence-corrected chi connectivity index (χ4v) is 1.61. The molecule has 4 heteroatoms. The van der Waals surface area contributed by atoms with Crippen LogP contribution in [0.5, 0.6) is 5.75 Å². The zero-order valence-electron chi connectivity index (χ0n) is 8.69. The number of hydrogen-bond donors (Lipinski definition) is 0. The number of ether oxygens (including phenoxy) is 1. The number of halogens is 2. The van der Waals surface area contributed by atoms with Gasteiger partial charge in [0.05, 0.1) is 5.56 Å². The Morgan fingerprint density at radius 3 is 2.18 bits per heavy atom. The van der Waals surface area contributed by atoms with Crippen molar-refractivity contribution in [3.63, 3.8) is 0 Å². The molecule has 0 aliphatic rings. The number of esters is 1. The molecule has 0 atom stereocenters. The van der Waals surface area contributed by atoms with Gasteiger partial charge in [0, 0.05) is 3.57 Å². The third-order valence-corrected chi connectivity index (χ3v) is 2.82. The van der Waals surface area contributed by atoms with Crippen molar-refractivity contribution in [2.24, 2.45) is 0 Å². The molecular formula is C13H8FIO2. The zero-order chi connectivity index (χ0) is 12.3. The van der Waals surface area contributed by atoms with Crippen LogP contribution in [0.15, 0.2) is 48.5 Å². The molecule has 0 heterocycles. The van der Waals surface area contributed by atoms with E-state index in [0.29, 0.717) is 11.3 Å². The summed E-state index contributed by atoms with van der Waals surface area (Å²) in [5.74, 6) is -0.484. The van der Waals surface area contributed by atoms with Crippen LogP contribution in [0.3, 0.4) is 0 Å². The largest absolute Gasteiger partial charge is 0.423 e. The van der Waals surface area contributed by atoms with Gasteiger partial charge in [0.2, 0.25) is 0 Å². The number of rotatable bonds is 2. The fraction of sp³-hybridized carbons (Fsp3) is 0. The molecule has 0 saturated heterocycles. The van der Waals surface area contributed by atoms with Crippen LogP contribution < -0.4 is 4.74 Å². The lowest BCUT2D eigenvalue weighted by Crippen LogP contribution is -2.08. The zero-order valence-corrected chi connectivity index (χ0v) is 10.8. The second kappa shape index (κ2) is 5.27. The normalized spacial score (nSPS) is 10.0. The molecular weight excluding hydrogens is 334 g/mol. The van der Waals surface area contributed by atoms with Gasteiger partial charge in [-0.15, -0.1) is 0 Å². The van der Waals surface area contributed by atoms with Crippen molar-refractivity contribution in [1.82, 2.24) is 0 Å². The summed E-state index contributed by atoms with van der Waals surface area (Å²) in [5.41, 5.74) is 0.467. The summed E-state index contributed by atoms with van der Waals surface area (Å²) in [6.07, 6.45) is 0. The Labute approximate surface area is 112 Å². The van der Waals surface area contributed by atoms with Crippen molar-refractivity contribution in [3.8, 4) is 5.75 Å². The van der Waals surface area contributed by atoms with E-state index in [4.69, 9.17) is 4.74 Å². The quantitative estimate of drug-likeness (QED) is 0.473. The lowest BCUT2D eigenvalue weighted by atomic mass is 10.2. The van der Waals surface area contributed by atoms with Crippen LogP contribution in [0.4, 0.5) is 4.39 Å². The molecule has 86 valence electrons. The Morgan fingerprint density at radius 2 is 1.59 bits per heavy atom. The molecule has 0 aliphatic carbocycles. The highest BCUT2D eigenvalue weighted by atomic mass is 127. The first-order chi connectivity index (χ1) is 8.15. The second-order valence-electron chi connectivity index (χ2n) is 3.35. The maximum atomic E-state index is 12.7. The van der Waals surface area contributed by atoms with E-state index >= 15 is 0 Å². The summed E-state index contributed by atoms with van der Waals surface area (Å²) in [5, 5.41) is 0. The van der Waals surface area contributed by atoms with Gasteiger partial charge in [-0.25, -0.2) is 9.18 Å². The van der Waals surface area contributed by atoms with Gasteiger partial charge in [-0.1, -0.05) is 0 Å². The third kappa shape index (κ3) is 3.26. The molecule has 2 aromatic rings. The van der Waals surface area contributed by atoms with Crippen molar-refractivity contribution in [3.05, 3.63) is 63.5 Å². The summed E-state index contributed by atoms with van der Waals surface area (Å²) in [6, 6.07) is 12.3. The predicted octanol–water partition coefficient (Wildman–Crippen LogP) is 3.65. The van der Waals surface area contributed by atoms with Crippen molar-refractivity contribution >= 4 is 28.6 Å². The maximum absolute atomic E-state index is 12.7. The summed E-state index contributed by atoms with van der Waals surface area (Å²) in [6.45, 7) is 0. The molecule has 2 nitrogen and oxygen atoms in total. The highest BCUT2D eigenvalue weighted by molar-refractivity contribution is 14.1. The monoisotopic (exact) mass is 342 g/mol. The standard InChI is InChI=1S/C13H8FIO2/c14-10-3-7-12(8-4-10)17-13(16)9-1-5-11(15)6-2-9/h1-8H. The molecule has 0 radical (unpaired) electrons. The number of benzene rings is 2. The predicted molar refractivity (Wildman–Crippen MR) is 70.5 cm³/mol. The van der Waals surface area contributed by atoms with Crippen molar-refractivity contribution in [2.45, 2.75) is 0 Å². The minimum atomic E-state index is -0.451. The van der Waals surface area contributed by atoms with Gasteiger partial charge in [0.1, 0.15) is 11.6 Å². The highest BCUT2D eigenvalue weighted by Crippen LogP contribution is 2.14. The Morgan fingerprint density at radius 1 is 1.00 bits per heavy atom. The molecule has 2 aromatic carbocycles. The van der Waals surface area contributed by atoms with Gasteiger partial charge in [0.15, 0.2) is 0 Å². The van der Waals surface area contributed by atoms with Crippen molar-refractivity contribution < 1.29 is 13.9 Å². The minimum absolute atomic E-state index is 0.329. The van der Waals surface area contributed by atoms with Gasteiger partial charge < -0.3 is 4.74 Å². The summed E-state index contributed by atoms with van der Waals surface area (Å²) >= 11 is 2.15. The molecule has 17 heavy (non-hydrogen) atoms. The molecule has 0 bridgehead atoms. The van der Waals surface area contributed by atoms with Crippen LogP contribution in [0.25, 0.3) is 0 Å². The minimum Gasteiger partial charge on any atom is -0.423 e. The molecule has 0 unspecified atom stereocenters. The summed E-state index contributed by atoms with van der Waals surface area (Å²) < 4.78 is 18.8. The number of carbonyl (C=O) groups is 1. The van der Waals surface area contributed by atoms with Crippen LogP contribution in [0.2, 0.25) is 0 Å². The Kier molecular flexibility index (Phi) is 3.73. The SMILES string of the molecule is O=C(Oc1ccc(F)cc1)c1ccc(I)cc1. The average Bonchev–Trinajstić information content (AvgIpc) is 2.33. The maximum Gasteiger partial charge on any atom is 0.343 e. The van der Waals surface area contributed by atoms with E-state index in [1.165, 1.54) is 24.3 Å². The molecule has 0 fully saturated rings. The second-order valence-corrected chi connectivity index (χ2v) is 4.60. The molecule has 0 N–H and O–H groups in total. The Hall–Kier alpha value is -1.43.